The molecule has 18 heavy (non-hydrogen) atoms. The minimum absolute atomic E-state index is 0.382. The molecule has 0 aromatic carbocycles. The average Bonchev–Trinajstić information content (AvgIpc) is 2.85. The van der Waals surface area contributed by atoms with Crippen LogP contribution in [0.4, 0.5) is 5.82 Å². The lowest BCUT2D eigenvalue weighted by atomic mass is 10.3. The summed E-state index contributed by atoms with van der Waals surface area (Å²) in [5.74, 6) is 0.558. The summed E-state index contributed by atoms with van der Waals surface area (Å²) < 4.78 is 0. The first kappa shape index (κ1) is 12.9. The molecule has 0 saturated carbocycles. The van der Waals surface area contributed by atoms with E-state index in [0.29, 0.717) is 22.9 Å². The normalized spacial score (nSPS) is 10.1. The van der Waals surface area contributed by atoms with E-state index in [-0.39, 0.29) is 0 Å². The van der Waals surface area contributed by atoms with Crippen LogP contribution < -0.4 is 5.32 Å². The Hall–Kier alpha value is -1.57. The third kappa shape index (κ3) is 2.81. The van der Waals surface area contributed by atoms with Gasteiger partial charge in [0.15, 0.2) is 0 Å². The quantitative estimate of drug-likeness (QED) is 0.924. The molecule has 2 aromatic rings. The zero-order chi connectivity index (χ0) is 13.0. The van der Waals surface area contributed by atoms with E-state index in [4.69, 9.17) is 16.9 Å². The Kier molecular flexibility index (Phi) is 4.19. The zero-order valence-corrected chi connectivity index (χ0v) is 11.5. The van der Waals surface area contributed by atoms with Gasteiger partial charge in [-0.25, -0.2) is 4.98 Å². The number of halogens is 1. The lowest BCUT2D eigenvalue weighted by Gasteiger charge is -2.06. The summed E-state index contributed by atoms with van der Waals surface area (Å²) >= 11 is 7.83. The van der Waals surface area contributed by atoms with Crippen molar-refractivity contribution in [1.29, 1.82) is 5.26 Å². The third-order valence-electron chi connectivity index (χ3n) is 2.51. The fraction of sp³-hybridized carbons (Fsp3) is 0.231. The van der Waals surface area contributed by atoms with Crippen molar-refractivity contribution >= 4 is 28.8 Å². The van der Waals surface area contributed by atoms with Gasteiger partial charge in [0.2, 0.25) is 0 Å². The lowest BCUT2D eigenvalue weighted by molar-refractivity contribution is 1.14. The number of hydrogen-bond acceptors (Lipinski definition) is 4. The van der Waals surface area contributed by atoms with Crippen molar-refractivity contribution in [2.24, 2.45) is 0 Å². The van der Waals surface area contributed by atoms with Gasteiger partial charge in [-0.1, -0.05) is 18.5 Å². The summed E-state index contributed by atoms with van der Waals surface area (Å²) in [4.78, 5) is 6.73. The van der Waals surface area contributed by atoms with Crippen LogP contribution in [0.2, 0.25) is 5.02 Å². The fourth-order valence-electron chi connectivity index (χ4n) is 1.53. The van der Waals surface area contributed by atoms with Crippen LogP contribution in [0.3, 0.4) is 0 Å². The number of nitriles is 1. The third-order valence-corrected chi connectivity index (χ3v) is 4.12. The molecule has 0 spiro atoms. The molecule has 0 amide bonds. The summed E-state index contributed by atoms with van der Waals surface area (Å²) in [5, 5.41) is 12.4. The highest BCUT2D eigenvalue weighted by atomic mass is 35.5. The molecule has 0 aliphatic carbocycles. The second-order valence-electron chi connectivity index (χ2n) is 3.71. The number of aromatic nitrogens is 1. The predicted octanol–water partition coefficient (Wildman–Crippen LogP) is 3.84. The second-order valence-corrected chi connectivity index (χ2v) is 5.34. The summed E-state index contributed by atoms with van der Waals surface area (Å²) in [6.45, 7) is 2.81. The maximum atomic E-state index is 8.88. The fourth-order valence-corrected chi connectivity index (χ4v) is 2.65. The van der Waals surface area contributed by atoms with Crippen molar-refractivity contribution in [3.05, 3.63) is 44.7 Å². The topological polar surface area (TPSA) is 48.7 Å². The highest BCUT2D eigenvalue weighted by Crippen LogP contribution is 2.24. The molecule has 0 aliphatic heterocycles. The summed E-state index contributed by atoms with van der Waals surface area (Å²) in [6, 6.07) is 7.87. The Morgan fingerprint density at radius 3 is 2.83 bits per heavy atom. The van der Waals surface area contributed by atoms with Gasteiger partial charge < -0.3 is 5.32 Å². The first-order chi connectivity index (χ1) is 8.74. The number of anilines is 1. The first-order valence-electron chi connectivity index (χ1n) is 5.60. The number of rotatable bonds is 4. The van der Waals surface area contributed by atoms with Crippen LogP contribution in [0.25, 0.3) is 0 Å². The monoisotopic (exact) mass is 277 g/mol. The van der Waals surface area contributed by atoms with Crippen LogP contribution in [-0.4, -0.2) is 4.98 Å². The maximum absolute atomic E-state index is 8.88. The van der Waals surface area contributed by atoms with Crippen LogP contribution in [0, 0.1) is 11.3 Å². The van der Waals surface area contributed by atoms with Crippen LogP contribution in [0.5, 0.6) is 0 Å². The molecule has 0 saturated heterocycles. The molecular weight excluding hydrogens is 266 g/mol. The van der Waals surface area contributed by atoms with Crippen LogP contribution >= 0.6 is 22.9 Å². The summed E-state index contributed by atoms with van der Waals surface area (Å²) in [6.07, 6.45) is 2.63. The largest absolute Gasteiger partial charge is 0.364 e. The molecule has 2 aromatic heterocycles. The molecule has 2 heterocycles. The molecule has 2 rings (SSSR count). The highest BCUT2D eigenvalue weighted by molar-refractivity contribution is 7.12. The van der Waals surface area contributed by atoms with Gasteiger partial charge in [-0.15, -0.1) is 11.3 Å². The van der Waals surface area contributed by atoms with Gasteiger partial charge >= 0.3 is 0 Å². The van der Waals surface area contributed by atoms with E-state index in [1.807, 2.05) is 6.07 Å². The predicted molar refractivity (Wildman–Crippen MR) is 75.0 cm³/mol. The smallest absolute Gasteiger partial charge is 0.146 e. The van der Waals surface area contributed by atoms with E-state index in [1.54, 1.807) is 23.6 Å². The van der Waals surface area contributed by atoms with E-state index >= 15 is 0 Å². The van der Waals surface area contributed by atoms with E-state index in [0.717, 1.165) is 6.42 Å². The number of thiophene rings is 1. The number of nitrogens with zero attached hydrogens (tertiary/aromatic N) is 2. The van der Waals surface area contributed by atoms with Crippen molar-refractivity contribution in [2.75, 3.05) is 5.32 Å². The number of aryl methyl sites for hydroxylation is 1. The molecule has 3 nitrogen and oxygen atoms in total. The minimum Gasteiger partial charge on any atom is -0.364 e. The van der Waals surface area contributed by atoms with Gasteiger partial charge in [0.1, 0.15) is 16.9 Å². The Morgan fingerprint density at radius 2 is 2.17 bits per heavy atom. The van der Waals surface area contributed by atoms with Gasteiger partial charge in [0.25, 0.3) is 0 Å². The van der Waals surface area contributed by atoms with Crippen molar-refractivity contribution in [2.45, 2.75) is 19.9 Å². The zero-order valence-electron chi connectivity index (χ0n) is 9.90. The van der Waals surface area contributed by atoms with Gasteiger partial charge in [0, 0.05) is 16.0 Å². The Labute approximate surface area is 115 Å². The number of nitrogens with one attached hydrogen (secondary N) is 1. The molecule has 1 N–H and O–H groups in total. The summed E-state index contributed by atoms with van der Waals surface area (Å²) in [5.41, 5.74) is 0.439. The number of hydrogen-bond donors (Lipinski definition) is 1. The Morgan fingerprint density at radius 1 is 1.39 bits per heavy atom. The van der Waals surface area contributed by atoms with Crippen LogP contribution in [-0.2, 0) is 13.0 Å². The van der Waals surface area contributed by atoms with Gasteiger partial charge in [0.05, 0.1) is 12.1 Å². The molecule has 0 aliphatic rings. The molecule has 0 radical (unpaired) electrons. The van der Waals surface area contributed by atoms with Gasteiger partial charge in [-0.05, 0) is 24.6 Å². The van der Waals surface area contributed by atoms with E-state index in [1.165, 1.54) is 9.75 Å². The van der Waals surface area contributed by atoms with Crippen molar-refractivity contribution in [3.63, 3.8) is 0 Å². The molecule has 0 unspecified atom stereocenters. The Bertz CT molecular complexity index is 586. The van der Waals surface area contributed by atoms with E-state index in [2.05, 4.69) is 29.4 Å². The molecule has 92 valence electrons. The average molecular weight is 278 g/mol. The molecular formula is C13H12ClN3S. The first-order valence-corrected chi connectivity index (χ1v) is 6.80. The van der Waals surface area contributed by atoms with Crippen molar-refractivity contribution < 1.29 is 0 Å². The van der Waals surface area contributed by atoms with Crippen LogP contribution in [0.15, 0.2) is 24.4 Å². The summed E-state index contributed by atoms with van der Waals surface area (Å²) in [7, 11) is 0. The lowest BCUT2D eigenvalue weighted by Crippen LogP contribution is -2.01. The van der Waals surface area contributed by atoms with E-state index in [9.17, 15) is 0 Å². The second kappa shape index (κ2) is 5.85. The molecule has 0 atom stereocenters. The maximum Gasteiger partial charge on any atom is 0.146 e. The Balaban J connectivity index is 2.09. The van der Waals surface area contributed by atoms with E-state index < -0.39 is 0 Å². The van der Waals surface area contributed by atoms with Gasteiger partial charge in [-0.2, -0.15) is 5.26 Å². The minimum atomic E-state index is 0.382. The van der Waals surface area contributed by atoms with Crippen molar-refractivity contribution in [3.8, 4) is 6.07 Å². The SMILES string of the molecule is CCc1ccc(CNc2nccc(C#N)c2Cl)s1. The molecule has 0 fully saturated rings. The highest BCUT2D eigenvalue weighted by Gasteiger charge is 2.07. The molecule has 0 bridgehead atoms. The van der Waals surface area contributed by atoms with Gasteiger partial charge in [-0.3, -0.25) is 0 Å². The van der Waals surface area contributed by atoms with Crippen LogP contribution in [0.1, 0.15) is 22.2 Å². The standard InChI is InChI=1S/C13H12ClN3S/c1-2-10-3-4-11(18-10)8-17-13-12(14)9(7-15)5-6-16-13/h3-6H,2,8H2,1H3,(H,16,17). The molecule has 5 heteroatoms. The van der Waals surface area contributed by atoms with Crippen molar-refractivity contribution in [1.82, 2.24) is 4.98 Å². The number of pyridine rings is 1.